The summed E-state index contributed by atoms with van der Waals surface area (Å²) < 4.78 is 7.96. The molecule has 0 aliphatic rings. The van der Waals surface area contributed by atoms with E-state index in [1.54, 1.807) is 6.20 Å². The Morgan fingerprint density at radius 3 is 2.11 bits per heavy atom. The molecule has 0 unspecified atom stereocenters. The van der Waals surface area contributed by atoms with Crippen LogP contribution in [0.25, 0.3) is 0 Å². The minimum Gasteiger partial charge on any atom is -0.332 e. The van der Waals surface area contributed by atoms with Crippen LogP contribution in [0.15, 0.2) is 72.9 Å². The van der Waals surface area contributed by atoms with Gasteiger partial charge < -0.3 is 9.84 Å². The Morgan fingerprint density at radius 1 is 1.04 bits per heavy atom. The summed E-state index contributed by atoms with van der Waals surface area (Å²) in [7, 11) is 0. The van der Waals surface area contributed by atoms with E-state index in [0.717, 1.165) is 17.7 Å². The molecular weight excluding hydrogens is 605 g/mol. The van der Waals surface area contributed by atoms with E-state index in [1.165, 1.54) is 0 Å². The van der Waals surface area contributed by atoms with Crippen LogP contribution in [0, 0.1) is 7.14 Å². The summed E-state index contributed by atoms with van der Waals surface area (Å²) in [5.74, 6) is 0.250. The maximum Gasteiger partial charge on any atom is 0.251 e. The van der Waals surface area contributed by atoms with Crippen molar-refractivity contribution >= 4 is 85.6 Å². The first kappa shape index (κ1) is 20.9. The highest BCUT2D eigenvalue weighted by atomic mass is 127. The Hall–Kier alpha value is -0.870. The number of benzene rings is 2. The molecule has 1 N–H and O–H groups in total. The van der Waals surface area contributed by atoms with Gasteiger partial charge in [-0.15, -0.1) is 0 Å². The van der Waals surface area contributed by atoms with Crippen LogP contribution in [0.2, 0.25) is 0 Å². The Kier molecular flexibility index (Phi) is 7.38. The highest BCUT2D eigenvalue weighted by Gasteiger charge is 2.24. The molecule has 138 valence electrons. The van der Waals surface area contributed by atoms with E-state index in [4.69, 9.17) is 16.3 Å². The molecule has 0 radical (unpaired) electrons. The van der Waals surface area contributed by atoms with Gasteiger partial charge in [-0.25, -0.2) is 4.98 Å². The lowest BCUT2D eigenvalue weighted by Gasteiger charge is -2.23. The molecule has 1 amide bonds. The molecule has 0 bridgehead atoms. The molecule has 0 atom stereocenters. The minimum absolute atomic E-state index is 0.134. The number of amides is 1. The van der Waals surface area contributed by atoms with Crippen molar-refractivity contribution in [2.45, 2.75) is 0 Å². The molecule has 8 heteroatoms. The summed E-state index contributed by atoms with van der Waals surface area (Å²) in [6.07, 6.45) is -0.848. The van der Waals surface area contributed by atoms with Crippen molar-refractivity contribution in [1.29, 1.82) is 0 Å². The molecule has 0 saturated heterocycles. The van der Waals surface area contributed by atoms with Gasteiger partial charge in [0.05, 0.1) is 3.57 Å². The molecule has 0 aliphatic heterocycles. The van der Waals surface area contributed by atoms with Crippen LogP contribution in [0.3, 0.4) is 0 Å². The fourth-order valence-electron chi connectivity index (χ4n) is 2.37. The van der Waals surface area contributed by atoms with Gasteiger partial charge >= 0.3 is 0 Å². The van der Waals surface area contributed by atoms with Crippen molar-refractivity contribution < 1.29 is 9.32 Å². The first-order chi connectivity index (χ1) is 13.0. The number of anilines is 1. The number of aromatic nitrogens is 1. The molecule has 0 saturated carbocycles. The smallest absolute Gasteiger partial charge is 0.251 e. The predicted octanol–water partition coefficient (Wildman–Crippen LogP) is 4.29. The molecule has 27 heavy (non-hydrogen) atoms. The van der Waals surface area contributed by atoms with Crippen LogP contribution >= 0.6 is 51.4 Å². The van der Waals surface area contributed by atoms with E-state index in [0.29, 0.717) is 5.82 Å². The van der Waals surface area contributed by atoms with E-state index in [1.807, 2.05) is 66.7 Å². The molecule has 0 fully saturated rings. The monoisotopic (exact) mass is 620 g/mol. The third-order valence-electron chi connectivity index (χ3n) is 3.64. The maximum absolute atomic E-state index is 12.4. The lowest BCUT2D eigenvalue weighted by molar-refractivity contribution is -0.117. The van der Waals surface area contributed by atoms with Gasteiger partial charge in [0.1, 0.15) is 18.7 Å². The lowest BCUT2D eigenvalue weighted by atomic mass is 10.4. The van der Waals surface area contributed by atoms with Crippen molar-refractivity contribution in [1.82, 2.24) is 4.98 Å². The van der Waals surface area contributed by atoms with Crippen LogP contribution in [-0.2, 0) is 21.1 Å². The molecule has 1 heterocycles. The van der Waals surface area contributed by atoms with Crippen molar-refractivity contribution in [3.05, 3.63) is 80.1 Å². The fourth-order valence-corrected chi connectivity index (χ4v) is 6.94. The Bertz CT molecular complexity index is 944. The largest absolute Gasteiger partial charge is 0.332 e. The first-order valence-electron chi connectivity index (χ1n) is 7.96. The van der Waals surface area contributed by atoms with Gasteiger partial charge in [0.25, 0.3) is 5.91 Å². The van der Waals surface area contributed by atoms with Crippen LogP contribution in [0.5, 0.6) is 0 Å². The van der Waals surface area contributed by atoms with Crippen molar-refractivity contribution in [2.75, 3.05) is 11.9 Å². The second kappa shape index (κ2) is 9.56. The van der Waals surface area contributed by atoms with Crippen LogP contribution in [0.1, 0.15) is 0 Å². The number of pyridine rings is 1. The normalized spacial score (nSPS) is 11.2. The van der Waals surface area contributed by atoms with Crippen LogP contribution in [-0.4, -0.2) is 17.5 Å². The number of nitrogens with zero attached hydrogens (tertiary/aromatic N) is 1. The van der Waals surface area contributed by atoms with Crippen LogP contribution < -0.4 is 15.9 Å². The van der Waals surface area contributed by atoms with Gasteiger partial charge in [-0.1, -0.05) is 72.5 Å². The van der Waals surface area contributed by atoms with Crippen molar-refractivity contribution in [3.63, 3.8) is 0 Å². The van der Waals surface area contributed by atoms with Gasteiger partial charge in [-0.3, -0.25) is 4.79 Å². The highest BCUT2D eigenvalue weighted by Crippen LogP contribution is 2.44. The standard InChI is InChI=1S/C19H15I2N2O2PS/c20-14-11-17(21)19(22-12-14)23-18(24)13-25-26(27,15-7-3-1-4-8-15)16-9-5-2-6-10-16/h1-12H,13H2,(H,22,23,24). The highest BCUT2D eigenvalue weighted by molar-refractivity contribution is 14.1. The lowest BCUT2D eigenvalue weighted by Crippen LogP contribution is -2.24. The molecule has 0 aliphatic carbocycles. The van der Waals surface area contributed by atoms with Gasteiger partial charge in [-0.2, -0.15) is 0 Å². The molecule has 3 rings (SSSR count). The first-order valence-corrected chi connectivity index (χ1v) is 12.8. The molecule has 0 spiro atoms. The van der Waals surface area contributed by atoms with E-state index >= 15 is 0 Å². The Labute approximate surface area is 190 Å². The Morgan fingerprint density at radius 2 is 1.59 bits per heavy atom. The number of halogens is 2. The summed E-state index contributed by atoms with van der Waals surface area (Å²) in [5.41, 5.74) is 0. The molecule has 3 aromatic rings. The van der Waals surface area contributed by atoms with Crippen molar-refractivity contribution in [3.8, 4) is 0 Å². The van der Waals surface area contributed by atoms with E-state index in [2.05, 4.69) is 55.5 Å². The van der Waals surface area contributed by atoms with E-state index in [-0.39, 0.29) is 12.5 Å². The average molecular weight is 620 g/mol. The van der Waals surface area contributed by atoms with Gasteiger partial charge in [0, 0.05) is 20.4 Å². The number of nitrogens with one attached hydrogen (secondary N) is 1. The zero-order valence-corrected chi connectivity index (χ0v) is 20.0. The third-order valence-corrected chi connectivity index (χ3v) is 9.08. The Balaban J connectivity index is 1.79. The predicted molar refractivity (Wildman–Crippen MR) is 131 cm³/mol. The molecular formula is C19H15I2N2O2PS. The van der Waals surface area contributed by atoms with Crippen LogP contribution in [0.4, 0.5) is 5.82 Å². The zero-order chi connectivity index (χ0) is 19.3. The van der Waals surface area contributed by atoms with E-state index < -0.39 is 6.26 Å². The van der Waals surface area contributed by atoms with Gasteiger partial charge in [-0.05, 0) is 51.2 Å². The number of rotatable bonds is 6. The summed E-state index contributed by atoms with van der Waals surface area (Å²) in [4.78, 5) is 16.7. The summed E-state index contributed by atoms with van der Waals surface area (Å²) in [6, 6.07) is 21.4. The summed E-state index contributed by atoms with van der Waals surface area (Å²) in [5, 5.41) is 4.63. The number of carbonyl (C=O) groups excluding carboxylic acids is 1. The minimum atomic E-state index is -2.55. The van der Waals surface area contributed by atoms with Gasteiger partial charge in [0.15, 0.2) is 0 Å². The summed E-state index contributed by atoms with van der Waals surface area (Å²) >= 11 is 10.3. The zero-order valence-electron chi connectivity index (χ0n) is 14.0. The summed E-state index contributed by atoms with van der Waals surface area (Å²) in [6.45, 7) is -0.134. The number of hydrogen-bond acceptors (Lipinski definition) is 4. The molecule has 1 aromatic heterocycles. The quantitative estimate of drug-likeness (QED) is 0.331. The fraction of sp³-hybridized carbons (Fsp3) is 0.0526. The number of hydrogen-bond donors (Lipinski definition) is 1. The second-order valence-corrected chi connectivity index (χ2v) is 11.9. The van der Waals surface area contributed by atoms with E-state index in [9.17, 15) is 4.79 Å². The maximum atomic E-state index is 12.4. The van der Waals surface area contributed by atoms with Gasteiger partial charge in [0.2, 0.25) is 0 Å². The number of carbonyl (C=O) groups is 1. The third kappa shape index (κ3) is 5.35. The SMILES string of the molecule is O=C(COP(=S)(c1ccccc1)c1ccccc1)Nc1ncc(I)cc1I. The average Bonchev–Trinajstić information content (AvgIpc) is 2.70. The topological polar surface area (TPSA) is 51.2 Å². The second-order valence-electron chi connectivity index (χ2n) is 5.53. The molecule has 4 nitrogen and oxygen atoms in total. The molecule has 2 aromatic carbocycles. The van der Waals surface area contributed by atoms with Crippen molar-refractivity contribution in [2.24, 2.45) is 0 Å².